The molecule has 2 N–H and O–H groups in total. The van der Waals surface area contributed by atoms with Gasteiger partial charge in [0.1, 0.15) is 17.4 Å². The predicted molar refractivity (Wildman–Crippen MR) is 87.5 cm³/mol. The van der Waals surface area contributed by atoms with Crippen molar-refractivity contribution in [1.82, 2.24) is 24.1 Å². The van der Waals surface area contributed by atoms with Crippen molar-refractivity contribution in [1.29, 1.82) is 0 Å². The summed E-state index contributed by atoms with van der Waals surface area (Å²) >= 11 is 0. The minimum absolute atomic E-state index is 0.405. The summed E-state index contributed by atoms with van der Waals surface area (Å²) in [6.07, 6.45) is 6.77. The summed E-state index contributed by atoms with van der Waals surface area (Å²) in [5, 5.41) is 17.0. The van der Waals surface area contributed by atoms with Crippen LogP contribution in [0.4, 0.5) is 17.6 Å². The monoisotopic (exact) mass is 327 g/mol. The number of nitrogens with zero attached hydrogens (tertiary/aromatic N) is 6. The maximum Gasteiger partial charge on any atom is 0.326 e. The summed E-state index contributed by atoms with van der Waals surface area (Å²) in [4.78, 5) is 22.0. The first kappa shape index (κ1) is 14.5. The van der Waals surface area contributed by atoms with Crippen LogP contribution in [-0.2, 0) is 11.8 Å². The highest BCUT2D eigenvalue weighted by molar-refractivity contribution is 5.79. The summed E-state index contributed by atoms with van der Waals surface area (Å²) < 4.78 is 3.53. The molecule has 1 fully saturated rings. The fraction of sp³-hybridized carbons (Fsp3) is 0.333. The van der Waals surface area contributed by atoms with Crippen LogP contribution in [-0.4, -0.2) is 47.8 Å². The second-order valence-electron chi connectivity index (χ2n) is 5.84. The Hall–Kier alpha value is -3.10. The van der Waals surface area contributed by atoms with Crippen LogP contribution < -0.4 is 10.2 Å². The molecule has 4 rings (SSSR count). The summed E-state index contributed by atoms with van der Waals surface area (Å²) in [6, 6.07) is 3.18. The van der Waals surface area contributed by atoms with E-state index in [2.05, 4.69) is 20.4 Å². The van der Waals surface area contributed by atoms with Gasteiger partial charge in [-0.05, 0) is 25.0 Å². The number of hydrogen-bond acceptors (Lipinski definition) is 6. The van der Waals surface area contributed by atoms with Crippen LogP contribution in [0.3, 0.4) is 0 Å². The van der Waals surface area contributed by atoms with Crippen molar-refractivity contribution in [2.45, 2.75) is 18.9 Å². The lowest BCUT2D eigenvalue weighted by atomic mass is 10.2. The van der Waals surface area contributed by atoms with E-state index in [9.17, 15) is 9.90 Å². The molecule has 0 unspecified atom stereocenters. The molecule has 0 aromatic carbocycles. The molecule has 0 spiro atoms. The van der Waals surface area contributed by atoms with Crippen LogP contribution in [0, 0.1) is 0 Å². The number of anilines is 3. The fourth-order valence-electron chi connectivity index (χ4n) is 3.00. The number of nitrogens with one attached hydrogen (secondary N) is 1. The minimum atomic E-state index is -0.845. The van der Waals surface area contributed by atoms with E-state index in [0.29, 0.717) is 30.5 Å². The van der Waals surface area contributed by atoms with E-state index in [1.807, 2.05) is 36.1 Å². The Morgan fingerprint density at radius 3 is 3.08 bits per heavy atom. The van der Waals surface area contributed by atoms with Gasteiger partial charge >= 0.3 is 5.97 Å². The molecule has 1 aliphatic rings. The Morgan fingerprint density at radius 1 is 1.46 bits per heavy atom. The van der Waals surface area contributed by atoms with E-state index in [1.165, 1.54) is 0 Å². The first-order valence-electron chi connectivity index (χ1n) is 7.71. The number of aromatic nitrogens is 5. The molecule has 3 aromatic heterocycles. The average molecular weight is 327 g/mol. The maximum atomic E-state index is 11.4. The number of rotatable bonds is 4. The van der Waals surface area contributed by atoms with E-state index >= 15 is 0 Å². The van der Waals surface area contributed by atoms with E-state index in [1.54, 1.807) is 15.7 Å². The number of aryl methyl sites for hydroxylation is 1. The van der Waals surface area contributed by atoms with Gasteiger partial charge in [-0.1, -0.05) is 0 Å². The second-order valence-corrected chi connectivity index (χ2v) is 5.84. The lowest BCUT2D eigenvalue weighted by Gasteiger charge is -2.22. The second kappa shape index (κ2) is 5.52. The van der Waals surface area contributed by atoms with Gasteiger partial charge in [0.25, 0.3) is 0 Å². The molecule has 124 valence electrons. The summed E-state index contributed by atoms with van der Waals surface area (Å²) in [6.45, 7) is 0.632. The molecule has 9 nitrogen and oxygen atoms in total. The average Bonchev–Trinajstić information content (AvgIpc) is 3.26. The Morgan fingerprint density at radius 2 is 2.33 bits per heavy atom. The smallest absolute Gasteiger partial charge is 0.326 e. The standard InChI is InChI=1S/C15H17N7O2/c1-20-8-12(16-9-20)17-13-10-4-3-7-22(10)19-15(18-13)21-6-2-5-11(21)14(23)24/h3-4,7-9,11H,2,5-6H2,1H3,(H,23,24)(H,17,18,19)/t11-/m0/s1. The largest absolute Gasteiger partial charge is 0.480 e. The third kappa shape index (κ3) is 2.43. The molecule has 1 saturated heterocycles. The summed E-state index contributed by atoms with van der Waals surface area (Å²) in [5.41, 5.74) is 0.801. The van der Waals surface area contributed by atoms with Gasteiger partial charge in [-0.3, -0.25) is 0 Å². The van der Waals surface area contributed by atoms with E-state index in [-0.39, 0.29) is 0 Å². The molecule has 24 heavy (non-hydrogen) atoms. The van der Waals surface area contributed by atoms with E-state index < -0.39 is 12.0 Å². The number of carboxylic acid groups (broad SMARTS) is 1. The van der Waals surface area contributed by atoms with Crippen LogP contribution >= 0.6 is 0 Å². The minimum Gasteiger partial charge on any atom is -0.480 e. The number of hydrogen-bond donors (Lipinski definition) is 2. The van der Waals surface area contributed by atoms with E-state index in [4.69, 9.17) is 0 Å². The molecule has 0 radical (unpaired) electrons. The SMILES string of the molecule is Cn1cnc(Nc2nc(N3CCC[C@H]3C(=O)O)nn3cccc23)c1. The van der Waals surface area contributed by atoms with Crippen molar-refractivity contribution in [2.24, 2.45) is 7.05 Å². The quantitative estimate of drug-likeness (QED) is 0.744. The maximum absolute atomic E-state index is 11.4. The molecule has 9 heteroatoms. The zero-order chi connectivity index (χ0) is 16.7. The van der Waals surface area contributed by atoms with Gasteiger partial charge in [-0.15, -0.1) is 5.10 Å². The van der Waals surface area contributed by atoms with Gasteiger partial charge < -0.3 is 19.9 Å². The Kier molecular flexibility index (Phi) is 3.33. The van der Waals surface area contributed by atoms with E-state index in [0.717, 1.165) is 11.9 Å². The third-order valence-electron chi connectivity index (χ3n) is 4.13. The summed E-state index contributed by atoms with van der Waals surface area (Å²) in [5.74, 6) is 0.825. The van der Waals surface area contributed by atoms with Gasteiger partial charge in [0, 0.05) is 26.0 Å². The van der Waals surface area contributed by atoms with Gasteiger partial charge in [0.15, 0.2) is 5.82 Å². The first-order valence-corrected chi connectivity index (χ1v) is 7.71. The van der Waals surface area contributed by atoms with Crippen LogP contribution in [0.25, 0.3) is 5.52 Å². The van der Waals surface area contributed by atoms with Gasteiger partial charge in [-0.2, -0.15) is 4.98 Å². The Labute approximate surface area is 137 Å². The highest BCUT2D eigenvalue weighted by atomic mass is 16.4. The Balaban J connectivity index is 1.76. The van der Waals surface area contributed by atoms with Crippen molar-refractivity contribution in [3.05, 3.63) is 30.9 Å². The number of carboxylic acids is 1. The van der Waals surface area contributed by atoms with Gasteiger partial charge in [0.05, 0.1) is 6.33 Å². The van der Waals surface area contributed by atoms with Crippen LogP contribution in [0.1, 0.15) is 12.8 Å². The topological polar surface area (TPSA) is 101 Å². The fourth-order valence-corrected chi connectivity index (χ4v) is 3.00. The molecule has 0 amide bonds. The molecule has 3 aromatic rings. The third-order valence-corrected chi connectivity index (χ3v) is 4.13. The zero-order valence-electron chi connectivity index (χ0n) is 13.1. The van der Waals surface area contributed by atoms with Crippen LogP contribution in [0.5, 0.6) is 0 Å². The molecular formula is C15H17N7O2. The highest BCUT2D eigenvalue weighted by Crippen LogP contribution is 2.26. The van der Waals surface area contributed by atoms with Crippen molar-refractivity contribution in [3.63, 3.8) is 0 Å². The molecule has 1 aliphatic heterocycles. The molecular weight excluding hydrogens is 310 g/mol. The zero-order valence-corrected chi connectivity index (χ0v) is 13.1. The lowest BCUT2D eigenvalue weighted by molar-refractivity contribution is -0.138. The van der Waals surface area contributed by atoms with Crippen LogP contribution in [0.2, 0.25) is 0 Å². The number of fused-ring (bicyclic) bond motifs is 1. The molecule has 0 aliphatic carbocycles. The van der Waals surface area contributed by atoms with Crippen molar-refractivity contribution < 1.29 is 9.90 Å². The van der Waals surface area contributed by atoms with Gasteiger partial charge in [0.2, 0.25) is 5.95 Å². The molecule has 4 heterocycles. The van der Waals surface area contributed by atoms with Gasteiger partial charge in [-0.25, -0.2) is 14.3 Å². The first-order chi connectivity index (χ1) is 11.6. The van der Waals surface area contributed by atoms with Crippen molar-refractivity contribution >= 4 is 29.1 Å². The lowest BCUT2D eigenvalue weighted by Crippen LogP contribution is -2.37. The normalized spacial score (nSPS) is 17.5. The predicted octanol–water partition coefficient (Wildman–Crippen LogP) is 1.26. The summed E-state index contributed by atoms with van der Waals surface area (Å²) in [7, 11) is 1.89. The van der Waals surface area contributed by atoms with Crippen molar-refractivity contribution in [2.75, 3.05) is 16.8 Å². The molecule has 1 atom stereocenters. The number of imidazole rings is 1. The van der Waals surface area contributed by atoms with Crippen LogP contribution in [0.15, 0.2) is 30.9 Å². The molecule has 0 saturated carbocycles. The van der Waals surface area contributed by atoms with Crippen molar-refractivity contribution in [3.8, 4) is 0 Å². The molecule has 0 bridgehead atoms. The highest BCUT2D eigenvalue weighted by Gasteiger charge is 2.33. The number of carbonyl (C=O) groups is 1. The Bertz CT molecular complexity index is 900. The number of aliphatic carboxylic acids is 1.